The molecule has 1 aromatic rings. The molecule has 1 amide bonds. The second-order valence-corrected chi connectivity index (χ2v) is 6.56. The average molecular weight is 340 g/mol. The Kier molecular flexibility index (Phi) is 4.70. The lowest BCUT2D eigenvalue weighted by Crippen LogP contribution is -2.23. The third kappa shape index (κ3) is 2.99. The molecule has 0 saturated carbocycles. The Bertz CT molecular complexity index is 516. The Labute approximate surface area is 129 Å². The molecular formula is C15H22BrN3O. The van der Waals surface area contributed by atoms with E-state index in [0.29, 0.717) is 5.92 Å². The third-order valence-corrected chi connectivity index (χ3v) is 4.33. The number of fused-ring (bicyclic) bond motifs is 1. The van der Waals surface area contributed by atoms with Crippen LogP contribution in [0.2, 0.25) is 0 Å². The Balaban J connectivity index is 2.25. The SMILES string of the molecule is CNC1C(=O)Nc2cc(N(C)CCC(C)C)c(Br)cc21. The van der Waals surface area contributed by atoms with Gasteiger partial charge in [0.15, 0.2) is 0 Å². The van der Waals surface area contributed by atoms with E-state index in [0.717, 1.165) is 34.4 Å². The lowest BCUT2D eigenvalue weighted by molar-refractivity contribution is -0.117. The third-order valence-electron chi connectivity index (χ3n) is 3.69. The molecule has 1 heterocycles. The first kappa shape index (κ1) is 15.3. The van der Waals surface area contributed by atoms with Gasteiger partial charge in [0.25, 0.3) is 0 Å². The van der Waals surface area contributed by atoms with Crippen LogP contribution in [0.1, 0.15) is 31.9 Å². The summed E-state index contributed by atoms with van der Waals surface area (Å²) in [4.78, 5) is 14.1. The van der Waals surface area contributed by atoms with E-state index in [9.17, 15) is 4.79 Å². The summed E-state index contributed by atoms with van der Waals surface area (Å²) in [6.07, 6.45) is 1.14. The average Bonchev–Trinajstić information content (AvgIpc) is 2.69. The first-order valence-electron chi connectivity index (χ1n) is 6.96. The van der Waals surface area contributed by atoms with Gasteiger partial charge in [0.05, 0.1) is 5.69 Å². The zero-order chi connectivity index (χ0) is 14.9. The number of likely N-dealkylation sites (N-methyl/N-ethyl adjacent to an activating group) is 1. The van der Waals surface area contributed by atoms with Crippen molar-refractivity contribution < 1.29 is 4.79 Å². The fourth-order valence-electron chi connectivity index (χ4n) is 2.42. The predicted octanol–water partition coefficient (Wildman–Crippen LogP) is 3.14. The summed E-state index contributed by atoms with van der Waals surface area (Å²) >= 11 is 3.63. The summed E-state index contributed by atoms with van der Waals surface area (Å²) in [5.41, 5.74) is 3.02. The number of anilines is 2. The quantitative estimate of drug-likeness (QED) is 0.866. The Morgan fingerprint density at radius 3 is 2.75 bits per heavy atom. The monoisotopic (exact) mass is 339 g/mol. The summed E-state index contributed by atoms with van der Waals surface area (Å²) in [5, 5.41) is 5.98. The smallest absolute Gasteiger partial charge is 0.246 e. The maximum atomic E-state index is 11.9. The van der Waals surface area contributed by atoms with E-state index >= 15 is 0 Å². The van der Waals surface area contributed by atoms with Gasteiger partial charge in [0.2, 0.25) is 5.91 Å². The topological polar surface area (TPSA) is 44.4 Å². The number of carbonyl (C=O) groups excluding carboxylic acids is 1. The molecule has 0 aliphatic carbocycles. The zero-order valence-electron chi connectivity index (χ0n) is 12.5. The van der Waals surface area contributed by atoms with Crippen LogP contribution >= 0.6 is 15.9 Å². The molecular weight excluding hydrogens is 318 g/mol. The molecule has 4 nitrogen and oxygen atoms in total. The van der Waals surface area contributed by atoms with Crippen molar-refractivity contribution in [2.45, 2.75) is 26.3 Å². The van der Waals surface area contributed by atoms with Crippen molar-refractivity contribution in [1.29, 1.82) is 0 Å². The highest BCUT2D eigenvalue weighted by molar-refractivity contribution is 9.10. The number of hydrogen-bond acceptors (Lipinski definition) is 3. The maximum absolute atomic E-state index is 11.9. The van der Waals surface area contributed by atoms with Crippen LogP contribution in [0.3, 0.4) is 0 Å². The van der Waals surface area contributed by atoms with E-state index in [4.69, 9.17) is 0 Å². The predicted molar refractivity (Wildman–Crippen MR) is 87.3 cm³/mol. The lowest BCUT2D eigenvalue weighted by atomic mass is 10.1. The molecule has 2 rings (SSSR count). The minimum atomic E-state index is -0.253. The van der Waals surface area contributed by atoms with E-state index in [1.54, 1.807) is 7.05 Å². The molecule has 0 spiro atoms. The van der Waals surface area contributed by atoms with Crippen molar-refractivity contribution >= 4 is 33.2 Å². The van der Waals surface area contributed by atoms with E-state index in [2.05, 4.69) is 58.4 Å². The number of nitrogens with zero attached hydrogens (tertiary/aromatic N) is 1. The van der Waals surface area contributed by atoms with Crippen molar-refractivity contribution in [2.24, 2.45) is 5.92 Å². The van der Waals surface area contributed by atoms with Crippen LogP contribution in [0.4, 0.5) is 11.4 Å². The fraction of sp³-hybridized carbons (Fsp3) is 0.533. The number of hydrogen-bond donors (Lipinski definition) is 2. The molecule has 110 valence electrons. The molecule has 0 fully saturated rings. The normalized spacial score (nSPS) is 17.3. The van der Waals surface area contributed by atoms with E-state index in [-0.39, 0.29) is 11.9 Å². The summed E-state index contributed by atoms with van der Waals surface area (Å²) in [7, 11) is 3.89. The molecule has 0 saturated heterocycles. The van der Waals surface area contributed by atoms with Crippen molar-refractivity contribution in [3.8, 4) is 0 Å². The summed E-state index contributed by atoms with van der Waals surface area (Å²) in [5.74, 6) is 0.690. The molecule has 0 aromatic heterocycles. The zero-order valence-corrected chi connectivity index (χ0v) is 14.0. The standard InChI is InChI=1S/C15H22BrN3O/c1-9(2)5-6-19(4)13-8-12-10(7-11(13)16)14(17-3)15(20)18-12/h7-9,14,17H,5-6H2,1-4H3,(H,18,20). The number of benzene rings is 1. The van der Waals surface area contributed by atoms with E-state index < -0.39 is 0 Å². The first-order valence-corrected chi connectivity index (χ1v) is 7.76. The first-order chi connectivity index (χ1) is 9.43. The molecule has 1 aliphatic rings. The Morgan fingerprint density at radius 1 is 1.45 bits per heavy atom. The van der Waals surface area contributed by atoms with Gasteiger partial charge in [-0.2, -0.15) is 0 Å². The number of halogens is 1. The minimum absolute atomic E-state index is 0.0105. The second-order valence-electron chi connectivity index (χ2n) is 5.71. The van der Waals surface area contributed by atoms with Crippen LogP contribution in [-0.2, 0) is 4.79 Å². The van der Waals surface area contributed by atoms with Gasteiger partial charge in [-0.25, -0.2) is 0 Å². The van der Waals surface area contributed by atoms with Crippen LogP contribution in [0.25, 0.3) is 0 Å². The molecule has 20 heavy (non-hydrogen) atoms. The van der Waals surface area contributed by atoms with Gasteiger partial charge in [-0.05, 0) is 47.4 Å². The van der Waals surface area contributed by atoms with E-state index in [1.807, 2.05) is 6.07 Å². The van der Waals surface area contributed by atoms with Gasteiger partial charge < -0.3 is 15.5 Å². The second kappa shape index (κ2) is 6.14. The van der Waals surface area contributed by atoms with Gasteiger partial charge in [-0.3, -0.25) is 4.79 Å². The number of rotatable bonds is 5. The number of amides is 1. The number of carbonyl (C=O) groups is 1. The van der Waals surface area contributed by atoms with Gasteiger partial charge in [0.1, 0.15) is 6.04 Å². The molecule has 2 N–H and O–H groups in total. The highest BCUT2D eigenvalue weighted by Gasteiger charge is 2.30. The van der Waals surface area contributed by atoms with Crippen molar-refractivity contribution in [1.82, 2.24) is 5.32 Å². The van der Waals surface area contributed by atoms with Gasteiger partial charge >= 0.3 is 0 Å². The Morgan fingerprint density at radius 2 is 2.15 bits per heavy atom. The molecule has 1 unspecified atom stereocenters. The van der Waals surface area contributed by atoms with Crippen LogP contribution in [0.5, 0.6) is 0 Å². The van der Waals surface area contributed by atoms with E-state index in [1.165, 1.54) is 0 Å². The summed E-state index contributed by atoms with van der Waals surface area (Å²) in [6, 6.07) is 3.83. The molecule has 1 aliphatic heterocycles. The van der Waals surface area contributed by atoms with Crippen LogP contribution in [0, 0.1) is 5.92 Å². The molecule has 1 atom stereocenters. The van der Waals surface area contributed by atoms with Crippen molar-refractivity contribution in [3.63, 3.8) is 0 Å². The van der Waals surface area contributed by atoms with Crippen molar-refractivity contribution in [3.05, 3.63) is 22.2 Å². The van der Waals surface area contributed by atoms with Crippen molar-refractivity contribution in [2.75, 3.05) is 30.9 Å². The van der Waals surface area contributed by atoms with Gasteiger partial charge in [0, 0.05) is 29.3 Å². The Hall–Kier alpha value is -1.07. The van der Waals surface area contributed by atoms with Crippen LogP contribution < -0.4 is 15.5 Å². The molecule has 0 radical (unpaired) electrons. The summed E-state index contributed by atoms with van der Waals surface area (Å²) in [6.45, 7) is 5.45. The molecule has 1 aromatic carbocycles. The van der Waals surface area contributed by atoms with Crippen LogP contribution in [-0.4, -0.2) is 26.5 Å². The van der Waals surface area contributed by atoms with Crippen LogP contribution in [0.15, 0.2) is 16.6 Å². The largest absolute Gasteiger partial charge is 0.374 e. The van der Waals surface area contributed by atoms with Gasteiger partial charge in [-0.15, -0.1) is 0 Å². The molecule has 5 heteroatoms. The highest BCUT2D eigenvalue weighted by Crippen LogP contribution is 2.38. The minimum Gasteiger partial charge on any atom is -0.374 e. The van der Waals surface area contributed by atoms with Gasteiger partial charge in [-0.1, -0.05) is 13.8 Å². The highest BCUT2D eigenvalue weighted by atomic mass is 79.9. The maximum Gasteiger partial charge on any atom is 0.246 e. The fourth-order valence-corrected chi connectivity index (χ4v) is 3.09. The number of nitrogens with one attached hydrogen (secondary N) is 2. The molecule has 0 bridgehead atoms. The summed E-state index contributed by atoms with van der Waals surface area (Å²) < 4.78 is 1.03. The lowest BCUT2D eigenvalue weighted by Gasteiger charge is -2.23.